The van der Waals surface area contributed by atoms with Crippen LogP contribution in [0.2, 0.25) is 0 Å². The van der Waals surface area contributed by atoms with Crippen molar-refractivity contribution in [3.05, 3.63) is 0 Å². The number of rotatable bonds is 6. The lowest BCUT2D eigenvalue weighted by atomic mass is 10.0. The summed E-state index contributed by atoms with van der Waals surface area (Å²) in [6.45, 7) is 7.83. The molecule has 2 unspecified atom stereocenters. The lowest BCUT2D eigenvalue weighted by Crippen LogP contribution is -2.47. The molecule has 1 aliphatic rings. The van der Waals surface area contributed by atoms with Gasteiger partial charge in [-0.3, -0.25) is 4.90 Å². The zero-order valence-corrected chi connectivity index (χ0v) is 10.8. The topological polar surface area (TPSA) is 15.3 Å². The Labute approximate surface area is 101 Å². The zero-order chi connectivity index (χ0) is 11.8. The van der Waals surface area contributed by atoms with Gasteiger partial charge in [0.05, 0.1) is 6.04 Å². The molecule has 0 aromatic carbocycles. The number of piperidine rings is 1. The normalized spacial score (nSPS) is 23.0. The quantitative estimate of drug-likeness (QED) is 0.694. The summed E-state index contributed by atoms with van der Waals surface area (Å²) in [6, 6.07) is 0.978. The summed E-state index contributed by atoms with van der Waals surface area (Å²) < 4.78 is 0. The molecule has 1 fully saturated rings. The molecule has 0 bridgehead atoms. The van der Waals surface area contributed by atoms with E-state index in [0.29, 0.717) is 12.1 Å². The van der Waals surface area contributed by atoms with Gasteiger partial charge in [-0.2, -0.15) is 0 Å². The van der Waals surface area contributed by atoms with Crippen molar-refractivity contribution < 1.29 is 0 Å². The van der Waals surface area contributed by atoms with Gasteiger partial charge in [0.1, 0.15) is 0 Å². The van der Waals surface area contributed by atoms with Crippen molar-refractivity contribution >= 4 is 0 Å². The maximum absolute atomic E-state index is 5.61. The summed E-state index contributed by atoms with van der Waals surface area (Å²) in [5.41, 5.74) is 0. The van der Waals surface area contributed by atoms with E-state index in [0.717, 1.165) is 19.5 Å². The number of nitrogens with one attached hydrogen (secondary N) is 1. The van der Waals surface area contributed by atoms with Gasteiger partial charge in [0.2, 0.25) is 0 Å². The summed E-state index contributed by atoms with van der Waals surface area (Å²) in [7, 11) is 0. The van der Waals surface area contributed by atoms with Gasteiger partial charge in [-0.05, 0) is 38.8 Å². The Morgan fingerprint density at radius 3 is 2.75 bits per heavy atom. The second-order valence-corrected chi connectivity index (χ2v) is 4.73. The van der Waals surface area contributed by atoms with Gasteiger partial charge in [-0.15, -0.1) is 6.42 Å². The molecule has 0 radical (unpaired) electrons. The molecule has 1 heterocycles. The van der Waals surface area contributed by atoms with E-state index >= 15 is 0 Å². The van der Waals surface area contributed by atoms with Gasteiger partial charge in [0.25, 0.3) is 0 Å². The third kappa shape index (κ3) is 4.15. The van der Waals surface area contributed by atoms with E-state index in [1.54, 1.807) is 0 Å². The van der Waals surface area contributed by atoms with E-state index in [9.17, 15) is 0 Å². The highest BCUT2D eigenvalue weighted by molar-refractivity contribution is 5.00. The van der Waals surface area contributed by atoms with Crippen LogP contribution >= 0.6 is 0 Å². The maximum Gasteiger partial charge on any atom is 0.0709 e. The highest BCUT2D eigenvalue weighted by atomic mass is 15.2. The molecule has 1 rings (SSSR count). The van der Waals surface area contributed by atoms with E-state index in [4.69, 9.17) is 6.42 Å². The Kier molecular flexibility index (Phi) is 6.52. The van der Waals surface area contributed by atoms with E-state index in [-0.39, 0.29) is 0 Å². The molecule has 1 saturated heterocycles. The Hall–Kier alpha value is -0.520. The molecule has 0 saturated carbocycles. The van der Waals surface area contributed by atoms with Crippen molar-refractivity contribution in [2.45, 2.75) is 58.0 Å². The monoisotopic (exact) mass is 222 g/mol. The lowest BCUT2D eigenvalue weighted by molar-refractivity contribution is 0.192. The second kappa shape index (κ2) is 7.70. The van der Waals surface area contributed by atoms with Crippen molar-refractivity contribution in [3.63, 3.8) is 0 Å². The van der Waals surface area contributed by atoms with Crippen LogP contribution in [0.1, 0.15) is 46.0 Å². The molecular formula is C14H26N2. The highest BCUT2D eigenvalue weighted by Gasteiger charge is 2.20. The molecule has 16 heavy (non-hydrogen) atoms. The predicted molar refractivity (Wildman–Crippen MR) is 70.4 cm³/mol. The largest absolute Gasteiger partial charge is 0.313 e. The van der Waals surface area contributed by atoms with Crippen LogP contribution in [0, 0.1) is 12.3 Å². The van der Waals surface area contributed by atoms with Crippen molar-refractivity contribution in [1.82, 2.24) is 10.2 Å². The summed E-state index contributed by atoms with van der Waals surface area (Å²) in [6.07, 6.45) is 11.9. The standard InChI is InChI=1S/C14H26N2/c1-4-11-16(14(5-2)6-3)12-13-9-7-8-10-15-13/h2,13-15H,4,6-12H2,1,3H3. The summed E-state index contributed by atoms with van der Waals surface area (Å²) in [5.74, 6) is 2.92. The average Bonchev–Trinajstić information content (AvgIpc) is 2.32. The first-order valence-electron chi connectivity index (χ1n) is 6.75. The molecule has 0 spiro atoms. The van der Waals surface area contributed by atoms with E-state index in [2.05, 4.69) is 30.0 Å². The van der Waals surface area contributed by atoms with Crippen LogP contribution < -0.4 is 5.32 Å². The van der Waals surface area contributed by atoms with Crippen molar-refractivity contribution in [1.29, 1.82) is 0 Å². The van der Waals surface area contributed by atoms with E-state index in [1.807, 2.05) is 0 Å². The van der Waals surface area contributed by atoms with Crippen LogP contribution in [0.25, 0.3) is 0 Å². The Morgan fingerprint density at radius 2 is 2.25 bits per heavy atom. The Balaban J connectivity index is 2.45. The van der Waals surface area contributed by atoms with Crippen LogP contribution in [-0.2, 0) is 0 Å². The average molecular weight is 222 g/mol. The molecule has 0 amide bonds. The van der Waals surface area contributed by atoms with Gasteiger partial charge >= 0.3 is 0 Å². The van der Waals surface area contributed by atoms with E-state index in [1.165, 1.54) is 32.2 Å². The summed E-state index contributed by atoms with van der Waals surface area (Å²) in [5, 5.41) is 3.60. The van der Waals surface area contributed by atoms with Gasteiger partial charge in [0, 0.05) is 12.6 Å². The molecule has 0 aliphatic carbocycles. The molecule has 92 valence electrons. The minimum absolute atomic E-state index is 0.323. The SMILES string of the molecule is C#CC(CC)N(CCC)CC1CCCCN1. The smallest absolute Gasteiger partial charge is 0.0709 e. The molecule has 2 heteroatoms. The van der Waals surface area contributed by atoms with Crippen LogP contribution in [0.4, 0.5) is 0 Å². The number of hydrogen-bond donors (Lipinski definition) is 1. The van der Waals surface area contributed by atoms with Crippen LogP contribution in [-0.4, -0.2) is 36.6 Å². The molecule has 1 aliphatic heterocycles. The Bertz CT molecular complexity index is 213. The fraction of sp³-hybridized carbons (Fsp3) is 0.857. The molecule has 2 nitrogen and oxygen atoms in total. The fourth-order valence-corrected chi connectivity index (χ4v) is 2.51. The van der Waals surface area contributed by atoms with Gasteiger partial charge < -0.3 is 5.32 Å². The van der Waals surface area contributed by atoms with Gasteiger partial charge in [-0.1, -0.05) is 26.2 Å². The number of hydrogen-bond acceptors (Lipinski definition) is 2. The fourth-order valence-electron chi connectivity index (χ4n) is 2.51. The van der Waals surface area contributed by atoms with Crippen LogP contribution in [0.15, 0.2) is 0 Å². The third-order valence-corrected chi connectivity index (χ3v) is 3.40. The summed E-state index contributed by atoms with van der Waals surface area (Å²) in [4.78, 5) is 2.48. The number of nitrogens with zero attached hydrogens (tertiary/aromatic N) is 1. The predicted octanol–water partition coefficient (Wildman–Crippen LogP) is 2.25. The highest BCUT2D eigenvalue weighted by Crippen LogP contribution is 2.12. The molecular weight excluding hydrogens is 196 g/mol. The number of terminal acetylenes is 1. The first-order valence-corrected chi connectivity index (χ1v) is 6.75. The zero-order valence-electron chi connectivity index (χ0n) is 10.8. The Morgan fingerprint density at radius 1 is 1.44 bits per heavy atom. The van der Waals surface area contributed by atoms with Crippen molar-refractivity contribution in [3.8, 4) is 12.3 Å². The first kappa shape index (κ1) is 13.5. The minimum Gasteiger partial charge on any atom is -0.313 e. The second-order valence-electron chi connectivity index (χ2n) is 4.73. The van der Waals surface area contributed by atoms with E-state index < -0.39 is 0 Å². The van der Waals surface area contributed by atoms with Gasteiger partial charge in [0.15, 0.2) is 0 Å². The molecule has 2 atom stereocenters. The minimum atomic E-state index is 0.323. The third-order valence-electron chi connectivity index (χ3n) is 3.40. The van der Waals surface area contributed by atoms with Crippen LogP contribution in [0.3, 0.4) is 0 Å². The molecule has 1 N–H and O–H groups in total. The molecule has 0 aromatic heterocycles. The first-order chi connectivity index (χ1) is 7.81. The van der Waals surface area contributed by atoms with Crippen molar-refractivity contribution in [2.24, 2.45) is 0 Å². The lowest BCUT2D eigenvalue weighted by Gasteiger charge is -2.33. The van der Waals surface area contributed by atoms with Gasteiger partial charge in [-0.25, -0.2) is 0 Å². The maximum atomic E-state index is 5.61. The molecule has 0 aromatic rings. The van der Waals surface area contributed by atoms with Crippen molar-refractivity contribution in [2.75, 3.05) is 19.6 Å². The summed E-state index contributed by atoms with van der Waals surface area (Å²) >= 11 is 0. The van der Waals surface area contributed by atoms with Crippen LogP contribution in [0.5, 0.6) is 0 Å².